The fraction of sp³-hybridized carbons (Fsp3) is 0.471. The molecule has 4 rings (SSSR count). The Morgan fingerprint density at radius 2 is 1.75 bits per heavy atom. The predicted molar refractivity (Wildman–Crippen MR) is 177 cm³/mol. The number of fused-ring (bicyclic) bond motifs is 1. The molecule has 8 nitrogen and oxygen atoms in total. The Morgan fingerprint density at radius 1 is 1.05 bits per heavy atom. The number of aromatic nitrogens is 1. The summed E-state index contributed by atoms with van der Waals surface area (Å²) in [6.07, 6.45) is 1.64. The summed E-state index contributed by atoms with van der Waals surface area (Å²) in [5.74, 6) is -0.364. The van der Waals surface area contributed by atoms with E-state index in [1.165, 1.54) is 12.5 Å². The third kappa shape index (κ3) is 9.90. The van der Waals surface area contributed by atoms with Gasteiger partial charge in [0.2, 0.25) is 5.91 Å². The summed E-state index contributed by atoms with van der Waals surface area (Å²) >= 11 is 1.56. The first-order valence-electron chi connectivity index (χ1n) is 15.3. The van der Waals surface area contributed by atoms with Gasteiger partial charge in [-0.05, 0) is 48.9 Å². The Morgan fingerprint density at radius 3 is 2.41 bits per heavy atom. The van der Waals surface area contributed by atoms with Crippen molar-refractivity contribution >= 4 is 48.9 Å². The number of carbonyl (C=O) groups excluding carboxylic acids is 3. The van der Waals surface area contributed by atoms with Crippen LogP contribution in [-0.2, 0) is 37.1 Å². The first-order chi connectivity index (χ1) is 20.9. The summed E-state index contributed by atoms with van der Waals surface area (Å²) in [7, 11) is -3.00. The number of Topliss-reactive ketones (excluding diaryl/α,β-unsaturated/α-hetero) is 2. The average Bonchev–Trinajstić information content (AvgIpc) is 3.38. The van der Waals surface area contributed by atoms with Crippen molar-refractivity contribution in [3.8, 4) is 0 Å². The molecule has 44 heavy (non-hydrogen) atoms. The van der Waals surface area contributed by atoms with E-state index in [1.54, 1.807) is 11.3 Å². The molecule has 0 radical (unpaired) electrons. The highest BCUT2D eigenvalue weighted by atomic mass is 32.2. The summed E-state index contributed by atoms with van der Waals surface area (Å²) in [6.45, 7) is 10.9. The topological polar surface area (TPSA) is 114 Å². The van der Waals surface area contributed by atoms with E-state index in [2.05, 4.69) is 37.9 Å². The van der Waals surface area contributed by atoms with Crippen LogP contribution in [0, 0.1) is 5.92 Å². The molecule has 236 valence electrons. The van der Waals surface area contributed by atoms with Gasteiger partial charge in [-0.15, -0.1) is 11.3 Å². The van der Waals surface area contributed by atoms with Crippen LogP contribution in [-0.4, -0.2) is 73.0 Å². The summed E-state index contributed by atoms with van der Waals surface area (Å²) in [5.41, 5.74) is 3.60. The van der Waals surface area contributed by atoms with Gasteiger partial charge in [0.05, 0.1) is 32.6 Å². The zero-order chi connectivity index (χ0) is 31.9. The Bertz CT molecular complexity index is 1580. The van der Waals surface area contributed by atoms with Gasteiger partial charge in [-0.25, -0.2) is 13.4 Å². The number of benzene rings is 2. The van der Waals surface area contributed by atoms with E-state index in [0.29, 0.717) is 50.4 Å². The van der Waals surface area contributed by atoms with Crippen LogP contribution >= 0.6 is 11.3 Å². The standard InChI is InChI=1S/C34H43N3O5S2/c1-23(2)27-10-12-30-32(20-27)43-33(36-30)21-28(18-25(4)38)34(40)35-29(19-26-8-6-5-7-9-26)11-13-31(39)24(3)22-37-14-16-44(41,42)17-15-37/h5-10,12,20,23,28-29H,3,11,13-19,21-22H2,1-2,4H3,(H,35,40)/t28-,29+/m0/s1. The van der Waals surface area contributed by atoms with Gasteiger partial charge in [0.15, 0.2) is 15.6 Å². The van der Waals surface area contributed by atoms with E-state index < -0.39 is 15.8 Å². The first-order valence-corrected chi connectivity index (χ1v) is 17.9. The molecule has 2 atom stereocenters. The Hall–Kier alpha value is -3.21. The highest BCUT2D eigenvalue weighted by Gasteiger charge is 2.27. The van der Waals surface area contributed by atoms with Gasteiger partial charge in [0.1, 0.15) is 5.78 Å². The SMILES string of the molecule is C=C(CN1CCS(=O)(=O)CC1)C(=O)CC[C@H](Cc1ccccc1)NC(=O)[C@@H](CC(C)=O)Cc1nc2ccc(C(C)C)cc2s1. The number of ketones is 2. The lowest BCUT2D eigenvalue weighted by Gasteiger charge is -2.27. The highest BCUT2D eigenvalue weighted by Crippen LogP contribution is 2.28. The second-order valence-electron chi connectivity index (χ2n) is 12.2. The van der Waals surface area contributed by atoms with Crippen LogP contribution in [0.4, 0.5) is 0 Å². The third-order valence-corrected chi connectivity index (χ3v) is 10.7. The van der Waals surface area contributed by atoms with Crippen molar-refractivity contribution in [3.05, 3.63) is 76.8 Å². The van der Waals surface area contributed by atoms with Crippen molar-refractivity contribution < 1.29 is 22.8 Å². The van der Waals surface area contributed by atoms with E-state index in [1.807, 2.05) is 41.3 Å². The molecule has 1 fully saturated rings. The molecule has 0 unspecified atom stereocenters. The number of thiazole rings is 1. The predicted octanol–water partition coefficient (Wildman–Crippen LogP) is 4.92. The van der Waals surface area contributed by atoms with Crippen molar-refractivity contribution in [1.29, 1.82) is 0 Å². The van der Waals surface area contributed by atoms with Crippen LogP contribution in [0.2, 0.25) is 0 Å². The monoisotopic (exact) mass is 637 g/mol. The summed E-state index contributed by atoms with van der Waals surface area (Å²) in [4.78, 5) is 45.7. The van der Waals surface area contributed by atoms with Crippen molar-refractivity contribution in [2.24, 2.45) is 5.92 Å². The lowest BCUT2D eigenvalue weighted by Crippen LogP contribution is -2.42. The van der Waals surface area contributed by atoms with Crippen molar-refractivity contribution in [2.45, 2.75) is 64.8 Å². The van der Waals surface area contributed by atoms with Gasteiger partial charge in [-0.3, -0.25) is 14.5 Å². The molecule has 2 heterocycles. The molecule has 1 aliphatic rings. The molecular formula is C34H43N3O5S2. The minimum Gasteiger partial charge on any atom is -0.353 e. The fourth-order valence-electron chi connectivity index (χ4n) is 5.44. The van der Waals surface area contributed by atoms with Crippen molar-refractivity contribution in [2.75, 3.05) is 31.1 Å². The summed E-state index contributed by atoms with van der Waals surface area (Å²) in [5, 5.41) is 3.98. The van der Waals surface area contributed by atoms with Gasteiger partial charge in [-0.2, -0.15) is 0 Å². The zero-order valence-electron chi connectivity index (χ0n) is 25.9. The number of sulfone groups is 1. The van der Waals surface area contributed by atoms with E-state index in [4.69, 9.17) is 4.98 Å². The van der Waals surface area contributed by atoms with Gasteiger partial charge in [0.25, 0.3) is 0 Å². The normalized spacial score (nSPS) is 16.5. The molecule has 1 aliphatic heterocycles. The first kappa shape index (κ1) is 33.7. The van der Waals surface area contributed by atoms with Crippen LogP contribution < -0.4 is 5.32 Å². The maximum absolute atomic E-state index is 13.7. The molecule has 2 aromatic carbocycles. The lowest BCUT2D eigenvalue weighted by atomic mass is 9.95. The number of nitrogens with zero attached hydrogens (tertiary/aromatic N) is 2. The molecule has 10 heteroatoms. The van der Waals surface area contributed by atoms with Crippen molar-refractivity contribution in [1.82, 2.24) is 15.2 Å². The highest BCUT2D eigenvalue weighted by molar-refractivity contribution is 7.91. The van der Waals surface area contributed by atoms with Crippen LogP contribution in [0.3, 0.4) is 0 Å². The second-order valence-corrected chi connectivity index (χ2v) is 15.6. The number of hydrogen-bond donors (Lipinski definition) is 1. The van der Waals surface area contributed by atoms with Crippen LogP contribution in [0.5, 0.6) is 0 Å². The minimum atomic E-state index is -3.00. The molecule has 0 aliphatic carbocycles. The minimum absolute atomic E-state index is 0.0649. The zero-order valence-corrected chi connectivity index (χ0v) is 27.5. The molecular weight excluding hydrogens is 595 g/mol. The maximum Gasteiger partial charge on any atom is 0.224 e. The third-order valence-electron chi connectivity index (χ3n) is 8.09. The van der Waals surface area contributed by atoms with E-state index >= 15 is 0 Å². The van der Waals surface area contributed by atoms with Crippen LogP contribution in [0.25, 0.3) is 10.2 Å². The van der Waals surface area contributed by atoms with Crippen molar-refractivity contribution in [3.63, 3.8) is 0 Å². The summed E-state index contributed by atoms with van der Waals surface area (Å²) < 4.78 is 24.6. The largest absolute Gasteiger partial charge is 0.353 e. The van der Waals surface area contributed by atoms with E-state index in [9.17, 15) is 22.8 Å². The summed E-state index contributed by atoms with van der Waals surface area (Å²) in [6, 6.07) is 15.7. The van der Waals surface area contributed by atoms with E-state index in [0.717, 1.165) is 20.8 Å². The lowest BCUT2D eigenvalue weighted by molar-refractivity contribution is -0.129. The number of nitrogens with one attached hydrogen (secondary N) is 1. The van der Waals surface area contributed by atoms with Crippen LogP contribution in [0.1, 0.15) is 62.1 Å². The molecule has 0 spiro atoms. The smallest absolute Gasteiger partial charge is 0.224 e. The van der Waals surface area contributed by atoms with E-state index in [-0.39, 0.29) is 47.9 Å². The molecule has 0 saturated carbocycles. The molecule has 1 saturated heterocycles. The van der Waals surface area contributed by atoms with Crippen LogP contribution in [0.15, 0.2) is 60.7 Å². The second kappa shape index (κ2) is 15.2. The molecule has 0 bridgehead atoms. The quantitative estimate of drug-likeness (QED) is 0.235. The average molecular weight is 638 g/mol. The fourth-order valence-corrected chi connectivity index (χ4v) is 7.81. The number of rotatable bonds is 15. The van der Waals surface area contributed by atoms with Gasteiger partial charge < -0.3 is 10.1 Å². The Balaban J connectivity index is 1.43. The molecule has 1 amide bonds. The molecule has 1 aromatic heterocycles. The van der Waals surface area contributed by atoms with Gasteiger partial charge >= 0.3 is 0 Å². The van der Waals surface area contributed by atoms with Gasteiger partial charge in [0, 0.05) is 50.5 Å². The Labute approximate surface area is 264 Å². The molecule has 1 N–H and O–H groups in total. The molecule has 3 aromatic rings. The maximum atomic E-state index is 13.7. The number of carbonyl (C=O) groups is 3. The number of amides is 1. The van der Waals surface area contributed by atoms with Gasteiger partial charge in [-0.1, -0.05) is 56.8 Å². The number of hydrogen-bond acceptors (Lipinski definition) is 8. The Kier molecular flexibility index (Phi) is 11.6.